The molecule has 0 atom stereocenters. The maximum atomic E-state index is 11.3. The van der Waals surface area contributed by atoms with Gasteiger partial charge in [0.25, 0.3) is 0 Å². The summed E-state index contributed by atoms with van der Waals surface area (Å²) in [5, 5.41) is 0. The molecule has 0 amide bonds. The average molecular weight is 240 g/mol. The highest BCUT2D eigenvalue weighted by Crippen LogP contribution is 2.28. The molecule has 0 aromatic rings. The number of hydrogen-bond donors (Lipinski definition) is 1. The molecular formula is C9H18ClNO2S. The Labute approximate surface area is 91.3 Å². The van der Waals surface area contributed by atoms with Crippen molar-refractivity contribution in [3.05, 3.63) is 0 Å². The van der Waals surface area contributed by atoms with Crippen LogP contribution >= 0.6 is 11.6 Å². The molecule has 0 spiro atoms. The summed E-state index contributed by atoms with van der Waals surface area (Å²) in [6, 6.07) is 0. The Bertz CT molecular complexity index is 250. The first-order valence-corrected chi connectivity index (χ1v) is 7.36. The van der Waals surface area contributed by atoms with E-state index in [1.165, 1.54) is 19.3 Å². The van der Waals surface area contributed by atoms with E-state index in [2.05, 4.69) is 4.72 Å². The minimum atomic E-state index is -3.06. The van der Waals surface area contributed by atoms with E-state index in [1.807, 2.05) is 0 Å². The van der Waals surface area contributed by atoms with Gasteiger partial charge in [-0.3, -0.25) is 0 Å². The molecule has 1 aliphatic rings. The van der Waals surface area contributed by atoms with Gasteiger partial charge >= 0.3 is 0 Å². The predicted octanol–water partition coefficient (Wildman–Crippen LogP) is 1.72. The summed E-state index contributed by atoms with van der Waals surface area (Å²) in [6.45, 7) is 0.593. The Kier molecular flexibility index (Phi) is 5.20. The maximum absolute atomic E-state index is 11.3. The molecule has 0 aromatic carbocycles. The molecule has 3 nitrogen and oxygen atoms in total. The Morgan fingerprint density at radius 3 is 2.57 bits per heavy atom. The predicted molar refractivity (Wildman–Crippen MR) is 59.1 cm³/mol. The summed E-state index contributed by atoms with van der Waals surface area (Å²) in [6.07, 6.45) is 5.36. The number of halogens is 1. The molecule has 1 rings (SSSR count). The SMILES string of the molecule is O=S(=O)(CCCCl)NCCC1CCC1. The van der Waals surface area contributed by atoms with Crippen LogP contribution in [0.25, 0.3) is 0 Å². The van der Waals surface area contributed by atoms with Crippen LogP contribution in [0.1, 0.15) is 32.1 Å². The van der Waals surface area contributed by atoms with Gasteiger partial charge in [0, 0.05) is 12.4 Å². The van der Waals surface area contributed by atoms with Crippen LogP contribution in [0.15, 0.2) is 0 Å². The molecule has 0 heterocycles. The fraction of sp³-hybridized carbons (Fsp3) is 1.00. The number of alkyl halides is 1. The number of sulfonamides is 1. The number of nitrogens with one attached hydrogen (secondary N) is 1. The fourth-order valence-corrected chi connectivity index (χ4v) is 2.91. The molecular weight excluding hydrogens is 222 g/mol. The van der Waals surface area contributed by atoms with Crippen LogP contribution in [0.2, 0.25) is 0 Å². The minimum Gasteiger partial charge on any atom is -0.215 e. The molecule has 1 aliphatic carbocycles. The van der Waals surface area contributed by atoms with Crippen LogP contribution in [0.4, 0.5) is 0 Å². The molecule has 5 heteroatoms. The minimum absolute atomic E-state index is 0.154. The normalized spacial score (nSPS) is 18.1. The standard InChI is InChI=1S/C9H18ClNO2S/c10-6-2-8-14(12,13)11-7-5-9-3-1-4-9/h9,11H,1-8H2. The average Bonchev–Trinajstić information content (AvgIpc) is 2.06. The van der Waals surface area contributed by atoms with Crippen LogP contribution in [-0.2, 0) is 10.0 Å². The number of rotatable bonds is 7. The Morgan fingerprint density at radius 2 is 2.07 bits per heavy atom. The fourth-order valence-electron chi connectivity index (χ4n) is 1.52. The van der Waals surface area contributed by atoms with Crippen molar-refractivity contribution >= 4 is 21.6 Å². The third-order valence-corrected chi connectivity index (χ3v) is 4.38. The van der Waals surface area contributed by atoms with Crippen LogP contribution in [0.5, 0.6) is 0 Å². The summed E-state index contributed by atoms with van der Waals surface area (Å²) in [7, 11) is -3.06. The second-order valence-corrected chi connectivity index (χ2v) is 6.15. The monoisotopic (exact) mass is 239 g/mol. The van der Waals surface area contributed by atoms with Crippen LogP contribution in [0, 0.1) is 5.92 Å². The quantitative estimate of drug-likeness (QED) is 0.688. The van der Waals surface area contributed by atoms with Crippen molar-refractivity contribution in [1.82, 2.24) is 4.72 Å². The van der Waals surface area contributed by atoms with E-state index in [4.69, 9.17) is 11.6 Å². The van der Waals surface area contributed by atoms with Gasteiger partial charge in [0.05, 0.1) is 5.75 Å². The van der Waals surface area contributed by atoms with Gasteiger partial charge in [-0.2, -0.15) is 0 Å². The number of hydrogen-bond acceptors (Lipinski definition) is 2. The van der Waals surface area contributed by atoms with Gasteiger partial charge in [-0.15, -0.1) is 11.6 Å². The van der Waals surface area contributed by atoms with Crippen molar-refractivity contribution in [2.75, 3.05) is 18.2 Å². The third-order valence-electron chi connectivity index (χ3n) is 2.65. The lowest BCUT2D eigenvalue weighted by molar-refractivity contribution is 0.297. The Balaban J connectivity index is 2.08. The lowest BCUT2D eigenvalue weighted by atomic mass is 9.83. The summed E-state index contributed by atoms with van der Waals surface area (Å²) < 4.78 is 25.2. The largest absolute Gasteiger partial charge is 0.215 e. The van der Waals surface area contributed by atoms with Crippen molar-refractivity contribution in [1.29, 1.82) is 0 Å². The zero-order valence-corrected chi connectivity index (χ0v) is 9.91. The van der Waals surface area contributed by atoms with Crippen LogP contribution in [-0.4, -0.2) is 26.6 Å². The van der Waals surface area contributed by atoms with E-state index in [1.54, 1.807) is 0 Å². The lowest BCUT2D eigenvalue weighted by Gasteiger charge is -2.25. The van der Waals surface area contributed by atoms with E-state index < -0.39 is 10.0 Å². The first-order valence-electron chi connectivity index (χ1n) is 5.17. The van der Waals surface area contributed by atoms with E-state index in [0.29, 0.717) is 18.8 Å². The van der Waals surface area contributed by atoms with E-state index in [-0.39, 0.29) is 5.75 Å². The van der Waals surface area contributed by atoms with Crippen molar-refractivity contribution in [3.63, 3.8) is 0 Å². The molecule has 0 aliphatic heterocycles. The topological polar surface area (TPSA) is 46.2 Å². The first kappa shape index (κ1) is 12.3. The van der Waals surface area contributed by atoms with E-state index in [9.17, 15) is 8.42 Å². The smallest absolute Gasteiger partial charge is 0.211 e. The molecule has 1 N–H and O–H groups in total. The summed E-state index contributed by atoms with van der Waals surface area (Å²) in [5.74, 6) is 1.32. The summed E-state index contributed by atoms with van der Waals surface area (Å²) in [5.41, 5.74) is 0. The molecule has 14 heavy (non-hydrogen) atoms. The van der Waals surface area contributed by atoms with Gasteiger partial charge in [-0.25, -0.2) is 13.1 Å². The molecule has 84 valence electrons. The van der Waals surface area contributed by atoms with Crippen molar-refractivity contribution in [2.45, 2.75) is 32.1 Å². The molecule has 0 radical (unpaired) electrons. The van der Waals surface area contributed by atoms with Gasteiger partial charge in [0.1, 0.15) is 0 Å². The van der Waals surface area contributed by atoms with Gasteiger partial charge in [0.15, 0.2) is 0 Å². The highest BCUT2D eigenvalue weighted by atomic mass is 35.5. The third kappa shape index (κ3) is 4.62. The van der Waals surface area contributed by atoms with E-state index >= 15 is 0 Å². The van der Waals surface area contributed by atoms with Gasteiger partial charge in [-0.1, -0.05) is 19.3 Å². The summed E-state index contributed by atoms with van der Waals surface area (Å²) >= 11 is 5.43. The van der Waals surface area contributed by atoms with Gasteiger partial charge in [-0.05, 0) is 18.8 Å². The van der Waals surface area contributed by atoms with Gasteiger partial charge < -0.3 is 0 Å². The summed E-state index contributed by atoms with van der Waals surface area (Å²) in [4.78, 5) is 0. The Morgan fingerprint density at radius 1 is 1.36 bits per heavy atom. The molecule has 0 saturated heterocycles. The van der Waals surface area contributed by atoms with Crippen molar-refractivity contribution in [3.8, 4) is 0 Å². The molecule has 0 unspecified atom stereocenters. The molecule has 0 aromatic heterocycles. The zero-order valence-electron chi connectivity index (χ0n) is 8.34. The van der Waals surface area contributed by atoms with Crippen LogP contribution < -0.4 is 4.72 Å². The zero-order chi connectivity index (χ0) is 10.4. The first-order chi connectivity index (χ1) is 6.64. The molecule has 1 fully saturated rings. The molecule has 0 bridgehead atoms. The van der Waals surface area contributed by atoms with Crippen molar-refractivity contribution in [2.24, 2.45) is 5.92 Å². The molecule has 1 saturated carbocycles. The highest BCUT2D eigenvalue weighted by Gasteiger charge is 2.17. The lowest BCUT2D eigenvalue weighted by Crippen LogP contribution is -2.29. The second kappa shape index (κ2) is 5.93. The van der Waals surface area contributed by atoms with Crippen molar-refractivity contribution < 1.29 is 8.42 Å². The maximum Gasteiger partial charge on any atom is 0.211 e. The van der Waals surface area contributed by atoms with Crippen LogP contribution in [0.3, 0.4) is 0 Å². The van der Waals surface area contributed by atoms with E-state index in [0.717, 1.165) is 12.3 Å². The second-order valence-electron chi connectivity index (χ2n) is 3.84. The Hall–Kier alpha value is 0.200. The highest BCUT2D eigenvalue weighted by molar-refractivity contribution is 7.89. The van der Waals surface area contributed by atoms with Gasteiger partial charge in [0.2, 0.25) is 10.0 Å².